The minimum atomic E-state index is -3.25. The van der Waals surface area contributed by atoms with Crippen LogP contribution in [-0.2, 0) is 29.0 Å². The highest BCUT2D eigenvalue weighted by Gasteiger charge is 2.34. The average molecular weight is 542 g/mol. The van der Waals surface area contributed by atoms with Crippen molar-refractivity contribution in [1.29, 1.82) is 0 Å². The SMILES string of the molecule is CCOC(=O)CC(CCc1cn(CC)cn1)c1ccc(C)c(CN2C[C@@H](C)Oc3ccccc3S2(O)O)c1. The van der Waals surface area contributed by atoms with Gasteiger partial charge in [-0.15, -0.1) is 10.8 Å². The number of fused-ring (bicyclic) bond motifs is 1. The van der Waals surface area contributed by atoms with Gasteiger partial charge in [0.1, 0.15) is 16.7 Å². The van der Waals surface area contributed by atoms with Gasteiger partial charge in [0.2, 0.25) is 0 Å². The van der Waals surface area contributed by atoms with Crippen LogP contribution in [0.25, 0.3) is 0 Å². The molecule has 2 aromatic carbocycles. The predicted molar refractivity (Wildman–Crippen MR) is 149 cm³/mol. The maximum absolute atomic E-state index is 12.5. The highest BCUT2D eigenvalue weighted by Crippen LogP contribution is 2.57. The molecular weight excluding hydrogens is 502 g/mol. The van der Waals surface area contributed by atoms with E-state index < -0.39 is 10.8 Å². The van der Waals surface area contributed by atoms with Crippen LogP contribution >= 0.6 is 10.8 Å². The van der Waals surface area contributed by atoms with Crippen molar-refractivity contribution in [3.05, 3.63) is 77.4 Å². The molecule has 4 rings (SSSR count). The molecule has 0 saturated carbocycles. The Bertz CT molecular complexity index is 1240. The minimum absolute atomic E-state index is 0.0485. The molecule has 0 amide bonds. The zero-order valence-electron chi connectivity index (χ0n) is 22.7. The number of benzene rings is 2. The fraction of sp³-hybridized carbons (Fsp3) is 0.448. The predicted octanol–water partition coefficient (Wildman–Crippen LogP) is 6.19. The summed E-state index contributed by atoms with van der Waals surface area (Å²) in [6.07, 6.45) is 5.45. The Kier molecular flexibility index (Phi) is 9.15. The second-order valence-electron chi connectivity index (χ2n) is 9.84. The fourth-order valence-corrected chi connectivity index (χ4v) is 6.52. The molecule has 2 N–H and O–H groups in total. The number of esters is 1. The fourth-order valence-electron chi connectivity index (χ4n) is 4.86. The van der Waals surface area contributed by atoms with Gasteiger partial charge in [-0.1, -0.05) is 30.3 Å². The molecule has 38 heavy (non-hydrogen) atoms. The Labute approximate surface area is 227 Å². The van der Waals surface area contributed by atoms with E-state index in [1.807, 2.05) is 50.0 Å². The number of carbonyl (C=O) groups is 1. The molecule has 206 valence electrons. The molecule has 0 bridgehead atoms. The average Bonchev–Trinajstić information content (AvgIpc) is 3.32. The van der Waals surface area contributed by atoms with Gasteiger partial charge in [0.15, 0.2) is 0 Å². The first-order chi connectivity index (χ1) is 18.2. The third-order valence-corrected chi connectivity index (χ3v) is 8.93. The molecule has 2 heterocycles. The van der Waals surface area contributed by atoms with Crippen LogP contribution in [0.3, 0.4) is 0 Å². The van der Waals surface area contributed by atoms with Crippen LogP contribution in [0, 0.1) is 6.92 Å². The van der Waals surface area contributed by atoms with E-state index in [0.717, 1.165) is 41.8 Å². The molecule has 3 aromatic rings. The van der Waals surface area contributed by atoms with Crippen molar-refractivity contribution < 1.29 is 23.4 Å². The molecule has 0 saturated heterocycles. The largest absolute Gasteiger partial charge is 0.487 e. The number of carbonyl (C=O) groups excluding carboxylic acids is 1. The molecule has 1 aliphatic rings. The minimum Gasteiger partial charge on any atom is -0.487 e. The number of hydrogen-bond donors (Lipinski definition) is 2. The molecular formula is C29H39N3O5S. The smallest absolute Gasteiger partial charge is 0.306 e. The third kappa shape index (κ3) is 6.58. The first-order valence-corrected chi connectivity index (χ1v) is 14.8. The first kappa shape index (κ1) is 28.2. The zero-order valence-corrected chi connectivity index (χ0v) is 23.5. The van der Waals surface area contributed by atoms with Crippen LogP contribution < -0.4 is 4.74 Å². The Morgan fingerprint density at radius 2 is 2.03 bits per heavy atom. The van der Waals surface area contributed by atoms with Crippen molar-refractivity contribution in [2.24, 2.45) is 0 Å². The molecule has 2 atom stereocenters. The lowest BCUT2D eigenvalue weighted by Crippen LogP contribution is -2.33. The van der Waals surface area contributed by atoms with Crippen LogP contribution in [-0.4, -0.2) is 48.2 Å². The lowest BCUT2D eigenvalue weighted by molar-refractivity contribution is -0.143. The van der Waals surface area contributed by atoms with E-state index >= 15 is 0 Å². The molecule has 0 radical (unpaired) electrons. The van der Waals surface area contributed by atoms with Gasteiger partial charge < -0.3 is 14.0 Å². The van der Waals surface area contributed by atoms with Crippen LogP contribution in [0.2, 0.25) is 0 Å². The molecule has 9 heteroatoms. The summed E-state index contributed by atoms with van der Waals surface area (Å²) >= 11 is 0. The van der Waals surface area contributed by atoms with E-state index in [4.69, 9.17) is 9.47 Å². The van der Waals surface area contributed by atoms with Crippen molar-refractivity contribution in [3.8, 4) is 5.75 Å². The van der Waals surface area contributed by atoms with Gasteiger partial charge in [0, 0.05) is 19.3 Å². The molecule has 0 fully saturated rings. The Balaban J connectivity index is 1.60. The van der Waals surface area contributed by atoms with E-state index in [1.165, 1.54) is 0 Å². The topological polar surface area (TPSA) is 97.1 Å². The molecule has 1 aliphatic heterocycles. The third-order valence-electron chi connectivity index (χ3n) is 7.00. The second kappa shape index (κ2) is 12.3. The second-order valence-corrected chi connectivity index (χ2v) is 11.8. The summed E-state index contributed by atoms with van der Waals surface area (Å²) in [5.74, 6) is 0.239. The van der Waals surface area contributed by atoms with Gasteiger partial charge in [-0.25, -0.2) is 4.98 Å². The summed E-state index contributed by atoms with van der Waals surface area (Å²) in [5, 5.41) is 0. The van der Waals surface area contributed by atoms with Gasteiger partial charge in [-0.3, -0.25) is 13.9 Å². The van der Waals surface area contributed by atoms with Crippen LogP contribution in [0.15, 0.2) is 59.9 Å². The van der Waals surface area contributed by atoms with Crippen molar-refractivity contribution in [2.75, 3.05) is 13.2 Å². The van der Waals surface area contributed by atoms with Gasteiger partial charge in [0.25, 0.3) is 0 Å². The van der Waals surface area contributed by atoms with Gasteiger partial charge >= 0.3 is 5.97 Å². The van der Waals surface area contributed by atoms with E-state index in [1.54, 1.807) is 22.5 Å². The number of rotatable bonds is 10. The van der Waals surface area contributed by atoms with Crippen molar-refractivity contribution >= 4 is 16.7 Å². The van der Waals surface area contributed by atoms with E-state index in [9.17, 15) is 13.9 Å². The summed E-state index contributed by atoms with van der Waals surface area (Å²) in [5.41, 5.74) is 4.06. The molecule has 8 nitrogen and oxygen atoms in total. The number of hydrogen-bond acceptors (Lipinski definition) is 7. The summed E-state index contributed by atoms with van der Waals surface area (Å²) in [6, 6.07) is 13.3. The number of ether oxygens (including phenoxy) is 2. The quantitative estimate of drug-likeness (QED) is 0.296. The van der Waals surface area contributed by atoms with Gasteiger partial charge in [-0.2, -0.15) is 4.31 Å². The molecule has 1 aromatic heterocycles. The normalized spacial score (nSPS) is 18.6. The summed E-state index contributed by atoms with van der Waals surface area (Å²) in [4.78, 5) is 17.4. The zero-order chi connectivity index (χ0) is 27.3. The number of nitrogens with zero attached hydrogens (tertiary/aromatic N) is 3. The van der Waals surface area contributed by atoms with Gasteiger partial charge in [0.05, 0.1) is 31.6 Å². The van der Waals surface area contributed by atoms with E-state index in [-0.39, 0.29) is 24.4 Å². The highest BCUT2D eigenvalue weighted by molar-refractivity contribution is 8.22. The van der Waals surface area contributed by atoms with E-state index in [0.29, 0.717) is 30.3 Å². The van der Waals surface area contributed by atoms with Crippen molar-refractivity contribution in [2.45, 2.75) is 77.0 Å². The standard InChI is InChI=1S/C29H39N3O5S/c1-5-31-19-26(30-20-31)14-13-24(16-29(33)36-6-2)23-12-11-21(3)25(15-23)18-32-17-22(4)37-27-9-7-8-10-28(27)38(32,34)35/h7-12,15,19-20,22,24,34-35H,5-6,13-14,16-18H2,1-4H3/t22-,24?/m1/s1. The lowest BCUT2D eigenvalue weighted by atomic mass is 9.88. The Morgan fingerprint density at radius 1 is 1.24 bits per heavy atom. The van der Waals surface area contributed by atoms with Crippen molar-refractivity contribution in [3.63, 3.8) is 0 Å². The highest BCUT2D eigenvalue weighted by atomic mass is 32.3. The molecule has 1 unspecified atom stereocenters. The number of aromatic nitrogens is 2. The lowest BCUT2D eigenvalue weighted by Gasteiger charge is -2.42. The molecule has 0 spiro atoms. The maximum atomic E-state index is 12.5. The number of imidazole rings is 1. The Morgan fingerprint density at radius 3 is 2.76 bits per heavy atom. The van der Waals surface area contributed by atoms with Crippen LogP contribution in [0.4, 0.5) is 0 Å². The summed E-state index contributed by atoms with van der Waals surface area (Å²) < 4.78 is 37.7. The summed E-state index contributed by atoms with van der Waals surface area (Å²) in [7, 11) is -3.25. The maximum Gasteiger partial charge on any atom is 0.306 e. The van der Waals surface area contributed by atoms with E-state index in [2.05, 4.69) is 24.0 Å². The van der Waals surface area contributed by atoms with Crippen LogP contribution in [0.1, 0.15) is 61.9 Å². The first-order valence-electron chi connectivity index (χ1n) is 13.3. The Hall–Kier alpha value is -2.85. The molecule has 0 aliphatic carbocycles. The monoisotopic (exact) mass is 541 g/mol. The van der Waals surface area contributed by atoms with Gasteiger partial charge in [-0.05, 0) is 75.3 Å². The van der Waals surface area contributed by atoms with Crippen molar-refractivity contribution in [1.82, 2.24) is 13.9 Å². The number of aryl methyl sites for hydroxylation is 3. The van der Waals surface area contributed by atoms with Crippen LogP contribution in [0.5, 0.6) is 5.75 Å². The summed E-state index contributed by atoms with van der Waals surface area (Å²) in [6.45, 7) is 9.77. The number of para-hydroxylation sites is 1.